The molecule has 1 heterocycles. The first-order valence-corrected chi connectivity index (χ1v) is 7.75. The average molecular weight is 330 g/mol. The molecular weight excluding hydrogens is 308 g/mol. The zero-order chi connectivity index (χ0) is 17.5. The van der Waals surface area contributed by atoms with Gasteiger partial charge in [0.1, 0.15) is 17.3 Å². The maximum Gasteiger partial charge on any atom is 0.255 e. The van der Waals surface area contributed by atoms with Crippen molar-refractivity contribution in [2.45, 2.75) is 20.3 Å². The smallest absolute Gasteiger partial charge is 0.255 e. The third-order valence-corrected chi connectivity index (χ3v) is 3.60. The molecule has 6 nitrogen and oxygen atoms in total. The van der Waals surface area contributed by atoms with Gasteiger partial charge >= 0.3 is 0 Å². The number of carbonyl (C=O) groups excluding carboxylic acids is 2. The quantitative estimate of drug-likeness (QED) is 0.813. The number of carbonyl (C=O) groups is 2. The van der Waals surface area contributed by atoms with E-state index in [4.69, 9.17) is 9.15 Å². The molecule has 0 aliphatic carbocycles. The van der Waals surface area contributed by atoms with Crippen molar-refractivity contribution >= 4 is 11.8 Å². The first kappa shape index (κ1) is 17.6. The molecule has 0 aliphatic rings. The number of methoxy groups -OCH3 is 1. The predicted octanol–water partition coefficient (Wildman–Crippen LogP) is 1.99. The van der Waals surface area contributed by atoms with Crippen LogP contribution < -0.4 is 15.4 Å². The minimum absolute atomic E-state index is 0.0750. The van der Waals surface area contributed by atoms with Crippen LogP contribution >= 0.6 is 0 Å². The molecule has 0 radical (unpaired) electrons. The molecule has 0 saturated heterocycles. The summed E-state index contributed by atoms with van der Waals surface area (Å²) in [6, 6.07) is 9.32. The van der Waals surface area contributed by atoms with Gasteiger partial charge in [0.05, 0.1) is 19.2 Å². The van der Waals surface area contributed by atoms with Gasteiger partial charge in [-0.15, -0.1) is 0 Å². The molecule has 1 aromatic heterocycles. The molecule has 0 fully saturated rings. The molecule has 0 aliphatic heterocycles. The minimum Gasteiger partial charge on any atom is -0.496 e. The van der Waals surface area contributed by atoms with E-state index in [0.717, 1.165) is 11.3 Å². The lowest BCUT2D eigenvalue weighted by Gasteiger charge is -2.09. The number of hydrogen-bond donors (Lipinski definition) is 2. The number of para-hydroxylation sites is 1. The van der Waals surface area contributed by atoms with Gasteiger partial charge in [-0.2, -0.15) is 0 Å². The highest BCUT2D eigenvalue weighted by Crippen LogP contribution is 2.17. The minimum atomic E-state index is -0.316. The zero-order valence-corrected chi connectivity index (χ0v) is 14.1. The summed E-state index contributed by atoms with van der Waals surface area (Å²) >= 11 is 0. The molecule has 6 heteroatoms. The van der Waals surface area contributed by atoms with Crippen LogP contribution in [0, 0.1) is 13.8 Å². The number of rotatable bonds is 7. The number of ether oxygens (including phenoxy) is 1. The lowest BCUT2D eigenvalue weighted by atomic mass is 10.1. The van der Waals surface area contributed by atoms with Crippen molar-refractivity contribution in [1.29, 1.82) is 0 Å². The van der Waals surface area contributed by atoms with Crippen LogP contribution in [0.3, 0.4) is 0 Å². The largest absolute Gasteiger partial charge is 0.496 e. The van der Waals surface area contributed by atoms with Crippen LogP contribution in [0.2, 0.25) is 0 Å². The van der Waals surface area contributed by atoms with Gasteiger partial charge in [-0.3, -0.25) is 9.59 Å². The third kappa shape index (κ3) is 4.62. The molecule has 0 unspecified atom stereocenters. The molecule has 0 bridgehead atoms. The highest BCUT2D eigenvalue weighted by atomic mass is 16.5. The van der Waals surface area contributed by atoms with E-state index in [0.29, 0.717) is 30.0 Å². The van der Waals surface area contributed by atoms with E-state index in [-0.39, 0.29) is 18.4 Å². The second kappa shape index (κ2) is 8.19. The molecule has 0 saturated carbocycles. The second-order valence-electron chi connectivity index (χ2n) is 5.42. The van der Waals surface area contributed by atoms with Gasteiger partial charge in [0.2, 0.25) is 5.91 Å². The van der Waals surface area contributed by atoms with Crippen molar-refractivity contribution in [3.63, 3.8) is 0 Å². The Labute approximate surface area is 141 Å². The van der Waals surface area contributed by atoms with E-state index in [2.05, 4.69) is 10.6 Å². The summed E-state index contributed by atoms with van der Waals surface area (Å²) in [5.41, 5.74) is 1.48. The standard InChI is InChI=1S/C18H22N2O4/c1-12-10-15(13(2)24-12)18(22)20-11-17(21)19-9-8-14-6-4-5-7-16(14)23-3/h4-7,10H,8-9,11H2,1-3H3,(H,19,21)(H,20,22). The van der Waals surface area contributed by atoms with E-state index >= 15 is 0 Å². The number of benzene rings is 1. The molecule has 2 aromatic rings. The molecule has 2 rings (SSSR count). The van der Waals surface area contributed by atoms with Gasteiger partial charge in [-0.25, -0.2) is 0 Å². The van der Waals surface area contributed by atoms with Crippen LogP contribution in [-0.2, 0) is 11.2 Å². The monoisotopic (exact) mass is 330 g/mol. The fourth-order valence-electron chi connectivity index (χ4n) is 2.42. The Morgan fingerprint density at radius 3 is 2.58 bits per heavy atom. The number of nitrogens with one attached hydrogen (secondary N) is 2. The highest BCUT2D eigenvalue weighted by Gasteiger charge is 2.14. The highest BCUT2D eigenvalue weighted by molar-refractivity contribution is 5.97. The van der Waals surface area contributed by atoms with Crippen molar-refractivity contribution in [2.24, 2.45) is 0 Å². The molecular formula is C18H22N2O4. The van der Waals surface area contributed by atoms with E-state index < -0.39 is 0 Å². The Morgan fingerprint density at radius 2 is 1.92 bits per heavy atom. The topological polar surface area (TPSA) is 80.6 Å². The second-order valence-corrected chi connectivity index (χ2v) is 5.42. The first-order valence-electron chi connectivity index (χ1n) is 7.75. The summed E-state index contributed by atoms with van der Waals surface area (Å²) in [6.07, 6.45) is 0.656. The van der Waals surface area contributed by atoms with Crippen molar-refractivity contribution < 1.29 is 18.7 Å². The number of furan rings is 1. The van der Waals surface area contributed by atoms with E-state index in [1.165, 1.54) is 0 Å². The number of hydrogen-bond acceptors (Lipinski definition) is 4. The van der Waals surface area contributed by atoms with Gasteiger partial charge in [-0.05, 0) is 38.0 Å². The van der Waals surface area contributed by atoms with Crippen molar-refractivity contribution in [3.8, 4) is 5.75 Å². The molecule has 128 valence electrons. The normalized spacial score (nSPS) is 10.3. The third-order valence-electron chi connectivity index (χ3n) is 3.60. The van der Waals surface area contributed by atoms with E-state index in [1.54, 1.807) is 27.0 Å². The average Bonchev–Trinajstić information content (AvgIpc) is 2.91. The summed E-state index contributed by atoms with van der Waals surface area (Å²) in [5, 5.41) is 5.36. The summed E-state index contributed by atoms with van der Waals surface area (Å²) in [6.45, 7) is 3.89. The van der Waals surface area contributed by atoms with Crippen LogP contribution in [0.15, 0.2) is 34.7 Å². The predicted molar refractivity (Wildman–Crippen MR) is 90.2 cm³/mol. The molecule has 24 heavy (non-hydrogen) atoms. The van der Waals surface area contributed by atoms with Crippen LogP contribution in [0.4, 0.5) is 0 Å². The van der Waals surface area contributed by atoms with Gasteiger partial charge < -0.3 is 19.8 Å². The Balaban J connectivity index is 1.75. The van der Waals surface area contributed by atoms with Gasteiger partial charge in [0, 0.05) is 6.54 Å². The molecule has 2 N–H and O–H groups in total. The maximum absolute atomic E-state index is 12.0. The summed E-state index contributed by atoms with van der Waals surface area (Å²) in [7, 11) is 1.62. The molecule has 0 atom stereocenters. The van der Waals surface area contributed by atoms with Crippen molar-refractivity contribution in [1.82, 2.24) is 10.6 Å². The SMILES string of the molecule is COc1ccccc1CCNC(=O)CNC(=O)c1cc(C)oc1C. The van der Waals surface area contributed by atoms with Gasteiger partial charge in [0.25, 0.3) is 5.91 Å². The number of aryl methyl sites for hydroxylation is 2. The first-order chi connectivity index (χ1) is 11.5. The van der Waals surface area contributed by atoms with Gasteiger partial charge in [-0.1, -0.05) is 18.2 Å². The lowest BCUT2D eigenvalue weighted by molar-refractivity contribution is -0.120. The Morgan fingerprint density at radius 1 is 1.17 bits per heavy atom. The van der Waals surface area contributed by atoms with Gasteiger partial charge in [0.15, 0.2) is 0 Å². The fraction of sp³-hybridized carbons (Fsp3) is 0.333. The van der Waals surface area contributed by atoms with Crippen LogP contribution in [0.1, 0.15) is 27.4 Å². The number of amides is 2. The van der Waals surface area contributed by atoms with E-state index in [9.17, 15) is 9.59 Å². The Kier molecular flexibility index (Phi) is 6.01. The summed E-state index contributed by atoms with van der Waals surface area (Å²) in [4.78, 5) is 23.8. The fourth-order valence-corrected chi connectivity index (χ4v) is 2.42. The summed E-state index contributed by atoms with van der Waals surface area (Å²) in [5.74, 6) is 1.45. The van der Waals surface area contributed by atoms with Crippen LogP contribution in [0.5, 0.6) is 5.75 Å². The molecule has 0 spiro atoms. The molecule has 2 amide bonds. The molecule has 1 aromatic carbocycles. The van der Waals surface area contributed by atoms with Crippen LogP contribution in [0.25, 0.3) is 0 Å². The Bertz CT molecular complexity index is 722. The summed E-state index contributed by atoms with van der Waals surface area (Å²) < 4.78 is 10.6. The zero-order valence-electron chi connectivity index (χ0n) is 14.1. The lowest BCUT2D eigenvalue weighted by Crippen LogP contribution is -2.37. The maximum atomic E-state index is 12.0. The Hall–Kier alpha value is -2.76. The van der Waals surface area contributed by atoms with Crippen molar-refractivity contribution in [2.75, 3.05) is 20.2 Å². The van der Waals surface area contributed by atoms with Crippen molar-refractivity contribution in [3.05, 3.63) is 53.0 Å². The van der Waals surface area contributed by atoms with Crippen LogP contribution in [-0.4, -0.2) is 32.0 Å². The van der Waals surface area contributed by atoms with E-state index in [1.807, 2.05) is 24.3 Å².